The Labute approximate surface area is 121 Å². The summed E-state index contributed by atoms with van der Waals surface area (Å²) in [6.07, 6.45) is 0. The molecule has 0 radical (unpaired) electrons. The highest BCUT2D eigenvalue weighted by molar-refractivity contribution is 9.10. The minimum Gasteiger partial charge on any atom is -0.339 e. The molecule has 0 aliphatic carbocycles. The Morgan fingerprint density at radius 1 is 1.21 bits per heavy atom. The molecule has 102 valence electrons. The molecule has 0 aliphatic heterocycles. The first-order valence-electron chi connectivity index (χ1n) is 6.34. The van der Waals surface area contributed by atoms with Crippen LogP contribution in [0.4, 0.5) is 0 Å². The lowest BCUT2D eigenvalue weighted by atomic mass is 9.90. The van der Waals surface area contributed by atoms with Gasteiger partial charge in [0.25, 0.3) is 0 Å². The molecule has 1 aromatic carbocycles. The first-order valence-corrected chi connectivity index (χ1v) is 7.14. The van der Waals surface area contributed by atoms with Gasteiger partial charge in [-0.1, -0.05) is 47.1 Å². The van der Waals surface area contributed by atoms with Crippen molar-refractivity contribution in [2.45, 2.75) is 32.7 Å². The molecule has 0 amide bonds. The summed E-state index contributed by atoms with van der Waals surface area (Å²) < 4.78 is 6.35. The second-order valence-corrected chi connectivity index (χ2v) is 5.92. The average molecular weight is 324 g/mol. The number of rotatable bonds is 4. The molecule has 2 unspecified atom stereocenters. The summed E-state index contributed by atoms with van der Waals surface area (Å²) in [7, 11) is 0. The standard InChI is InChI=1S/C14H18BrN3O/c1-8(2)12(9(3)16)14-17-13(18-19-14)10-6-4-5-7-11(10)15/h4-9,12H,16H2,1-3H3. The van der Waals surface area contributed by atoms with Crippen LogP contribution in [-0.4, -0.2) is 16.2 Å². The number of benzene rings is 1. The van der Waals surface area contributed by atoms with E-state index < -0.39 is 0 Å². The largest absolute Gasteiger partial charge is 0.339 e. The van der Waals surface area contributed by atoms with Gasteiger partial charge in [-0.2, -0.15) is 4.98 Å². The van der Waals surface area contributed by atoms with Gasteiger partial charge >= 0.3 is 0 Å². The van der Waals surface area contributed by atoms with Gasteiger partial charge in [0.2, 0.25) is 11.7 Å². The maximum absolute atomic E-state index is 6.01. The van der Waals surface area contributed by atoms with Crippen LogP contribution in [0.5, 0.6) is 0 Å². The van der Waals surface area contributed by atoms with E-state index in [0.29, 0.717) is 17.6 Å². The van der Waals surface area contributed by atoms with Gasteiger partial charge in [0.1, 0.15) is 0 Å². The Balaban J connectivity index is 2.36. The van der Waals surface area contributed by atoms with Gasteiger partial charge < -0.3 is 10.3 Å². The summed E-state index contributed by atoms with van der Waals surface area (Å²) in [5, 5.41) is 4.06. The smallest absolute Gasteiger partial charge is 0.231 e. The van der Waals surface area contributed by atoms with Crippen LogP contribution in [0.15, 0.2) is 33.3 Å². The van der Waals surface area contributed by atoms with Crippen molar-refractivity contribution in [1.82, 2.24) is 10.1 Å². The first-order chi connectivity index (χ1) is 9.00. The topological polar surface area (TPSA) is 64.9 Å². The highest BCUT2D eigenvalue weighted by Gasteiger charge is 2.26. The monoisotopic (exact) mass is 323 g/mol. The average Bonchev–Trinajstić information content (AvgIpc) is 2.77. The minimum atomic E-state index is -0.0208. The second kappa shape index (κ2) is 5.84. The van der Waals surface area contributed by atoms with Crippen LogP contribution in [0.3, 0.4) is 0 Å². The fourth-order valence-corrected chi connectivity index (χ4v) is 2.70. The Hall–Kier alpha value is -1.20. The predicted octanol–water partition coefficient (Wildman–Crippen LogP) is 3.59. The third-order valence-electron chi connectivity index (χ3n) is 3.13. The molecule has 0 saturated heterocycles. The van der Waals surface area contributed by atoms with Crippen LogP contribution in [0.25, 0.3) is 11.4 Å². The van der Waals surface area contributed by atoms with Crippen LogP contribution in [0.2, 0.25) is 0 Å². The molecule has 1 aromatic heterocycles. The van der Waals surface area contributed by atoms with Crippen LogP contribution in [-0.2, 0) is 0 Å². The quantitative estimate of drug-likeness (QED) is 0.933. The Morgan fingerprint density at radius 3 is 2.47 bits per heavy atom. The highest BCUT2D eigenvalue weighted by Crippen LogP contribution is 2.30. The molecule has 0 fully saturated rings. The van der Waals surface area contributed by atoms with Crippen LogP contribution < -0.4 is 5.73 Å². The molecule has 0 bridgehead atoms. The van der Waals surface area contributed by atoms with Crippen molar-refractivity contribution < 1.29 is 4.52 Å². The SMILES string of the molecule is CC(C)C(c1nc(-c2ccccc2Br)no1)C(C)N. The number of hydrogen-bond donors (Lipinski definition) is 1. The molecule has 0 aliphatic rings. The lowest BCUT2D eigenvalue weighted by molar-refractivity contribution is 0.300. The van der Waals surface area contributed by atoms with E-state index in [4.69, 9.17) is 10.3 Å². The summed E-state index contributed by atoms with van der Waals surface area (Å²) in [5.41, 5.74) is 6.93. The molecular weight excluding hydrogens is 306 g/mol. The van der Waals surface area contributed by atoms with Crippen LogP contribution in [0.1, 0.15) is 32.6 Å². The van der Waals surface area contributed by atoms with Crippen molar-refractivity contribution >= 4 is 15.9 Å². The lowest BCUT2D eigenvalue weighted by Gasteiger charge is -2.20. The van der Waals surface area contributed by atoms with Crippen molar-refractivity contribution in [3.8, 4) is 11.4 Å². The van der Waals surface area contributed by atoms with E-state index in [0.717, 1.165) is 10.0 Å². The van der Waals surface area contributed by atoms with E-state index >= 15 is 0 Å². The summed E-state index contributed by atoms with van der Waals surface area (Å²) in [6, 6.07) is 7.79. The molecule has 2 aromatic rings. The maximum atomic E-state index is 6.01. The zero-order valence-electron chi connectivity index (χ0n) is 11.3. The van der Waals surface area contributed by atoms with Gasteiger partial charge in [0.05, 0.1) is 5.92 Å². The number of hydrogen-bond acceptors (Lipinski definition) is 4. The molecule has 2 atom stereocenters. The number of aromatic nitrogens is 2. The van der Waals surface area contributed by atoms with Gasteiger partial charge in [-0.25, -0.2) is 0 Å². The number of nitrogens with two attached hydrogens (primary N) is 1. The Kier molecular flexibility index (Phi) is 4.37. The van der Waals surface area contributed by atoms with E-state index in [1.165, 1.54) is 0 Å². The third kappa shape index (κ3) is 3.04. The molecule has 0 saturated carbocycles. The summed E-state index contributed by atoms with van der Waals surface area (Å²) in [6.45, 7) is 6.18. The van der Waals surface area contributed by atoms with Gasteiger partial charge in [0, 0.05) is 16.1 Å². The molecule has 0 spiro atoms. The Morgan fingerprint density at radius 2 is 1.89 bits per heavy atom. The Bertz CT molecular complexity index is 543. The van der Waals surface area contributed by atoms with Crippen molar-refractivity contribution in [2.24, 2.45) is 11.7 Å². The molecular formula is C14H18BrN3O. The molecule has 5 heteroatoms. The summed E-state index contributed by atoms with van der Waals surface area (Å²) in [4.78, 5) is 4.50. The zero-order chi connectivity index (χ0) is 14.0. The van der Waals surface area contributed by atoms with E-state index in [-0.39, 0.29) is 12.0 Å². The molecule has 2 rings (SSSR count). The van der Waals surface area contributed by atoms with Gasteiger partial charge in [-0.15, -0.1) is 0 Å². The summed E-state index contributed by atoms with van der Waals surface area (Å²) >= 11 is 3.49. The van der Waals surface area contributed by atoms with Crippen LogP contribution >= 0.6 is 15.9 Å². The zero-order valence-corrected chi connectivity index (χ0v) is 12.9. The number of nitrogens with zero attached hydrogens (tertiary/aromatic N) is 2. The van der Waals surface area contributed by atoms with Crippen molar-refractivity contribution in [3.05, 3.63) is 34.6 Å². The minimum absolute atomic E-state index is 0.0208. The van der Waals surface area contributed by atoms with Crippen LogP contribution in [0, 0.1) is 5.92 Å². The molecule has 4 nitrogen and oxygen atoms in total. The van der Waals surface area contributed by atoms with Gasteiger partial charge in [0.15, 0.2) is 0 Å². The maximum Gasteiger partial charge on any atom is 0.231 e. The van der Waals surface area contributed by atoms with Gasteiger partial charge in [-0.3, -0.25) is 0 Å². The van der Waals surface area contributed by atoms with E-state index in [9.17, 15) is 0 Å². The third-order valence-corrected chi connectivity index (χ3v) is 3.82. The lowest BCUT2D eigenvalue weighted by Crippen LogP contribution is -2.28. The first kappa shape index (κ1) is 14.2. The van der Waals surface area contributed by atoms with E-state index in [1.807, 2.05) is 31.2 Å². The summed E-state index contributed by atoms with van der Waals surface area (Å²) in [5.74, 6) is 1.63. The molecule has 19 heavy (non-hydrogen) atoms. The predicted molar refractivity (Wildman–Crippen MR) is 78.7 cm³/mol. The fraction of sp³-hybridized carbons (Fsp3) is 0.429. The highest BCUT2D eigenvalue weighted by atomic mass is 79.9. The van der Waals surface area contributed by atoms with E-state index in [1.54, 1.807) is 0 Å². The molecule has 2 N–H and O–H groups in total. The van der Waals surface area contributed by atoms with Crippen molar-refractivity contribution in [1.29, 1.82) is 0 Å². The van der Waals surface area contributed by atoms with Crippen molar-refractivity contribution in [2.75, 3.05) is 0 Å². The number of halogens is 1. The van der Waals surface area contributed by atoms with E-state index in [2.05, 4.69) is 39.9 Å². The fourth-order valence-electron chi connectivity index (χ4n) is 2.24. The second-order valence-electron chi connectivity index (χ2n) is 5.06. The normalized spacial score (nSPS) is 14.6. The molecule has 1 heterocycles. The van der Waals surface area contributed by atoms with Crippen molar-refractivity contribution in [3.63, 3.8) is 0 Å². The van der Waals surface area contributed by atoms with Gasteiger partial charge in [-0.05, 0) is 25.0 Å².